The minimum atomic E-state index is 0.752. The van der Waals surface area contributed by atoms with Gasteiger partial charge in [0.25, 0.3) is 0 Å². The fourth-order valence-electron chi connectivity index (χ4n) is 4.37. The largest absolute Gasteiger partial charge is 0.495 e. The molecule has 21 heavy (non-hydrogen) atoms. The molecule has 0 heterocycles. The van der Waals surface area contributed by atoms with Gasteiger partial charge in [0.05, 0.1) is 12.8 Å². The molecule has 3 nitrogen and oxygen atoms in total. The van der Waals surface area contributed by atoms with Crippen LogP contribution in [0, 0.1) is 17.8 Å². The van der Waals surface area contributed by atoms with Gasteiger partial charge in [0.2, 0.25) is 0 Å². The summed E-state index contributed by atoms with van der Waals surface area (Å²) in [7, 11) is 1.76. The number of rotatable bonds is 7. The highest BCUT2D eigenvalue weighted by molar-refractivity contribution is 5.58. The Bertz CT molecular complexity index is 462. The molecule has 3 rings (SSSR count). The van der Waals surface area contributed by atoms with Crippen LogP contribution in [0.4, 0.5) is 5.69 Å². The van der Waals surface area contributed by atoms with E-state index in [-0.39, 0.29) is 0 Å². The van der Waals surface area contributed by atoms with Crippen LogP contribution < -0.4 is 15.4 Å². The first-order valence-electron chi connectivity index (χ1n) is 8.40. The molecule has 116 valence electrons. The molecule has 0 aliphatic heterocycles. The summed E-state index contributed by atoms with van der Waals surface area (Å²) in [5, 5.41) is 0. The Labute approximate surface area is 128 Å². The van der Waals surface area contributed by atoms with Gasteiger partial charge in [0.15, 0.2) is 0 Å². The molecule has 2 aliphatic carbocycles. The van der Waals surface area contributed by atoms with E-state index >= 15 is 0 Å². The lowest BCUT2D eigenvalue weighted by Gasteiger charge is -2.32. The maximum absolute atomic E-state index is 5.74. The number of fused-ring (bicyclic) bond motifs is 2. The molecule has 0 spiro atoms. The molecule has 3 atom stereocenters. The second-order valence-electron chi connectivity index (χ2n) is 6.70. The average Bonchev–Trinajstić information content (AvgIpc) is 3.14. The normalized spacial score (nSPS) is 27.0. The molecule has 2 fully saturated rings. The Balaban J connectivity index is 1.74. The number of benzene rings is 1. The molecular formula is C18H28N2O. The minimum absolute atomic E-state index is 0.752. The number of ether oxygens (including phenoxy) is 1. The number of hydrogen-bond acceptors (Lipinski definition) is 3. The van der Waals surface area contributed by atoms with Crippen molar-refractivity contribution in [1.82, 2.24) is 0 Å². The van der Waals surface area contributed by atoms with Gasteiger partial charge in [0, 0.05) is 13.1 Å². The monoisotopic (exact) mass is 288 g/mol. The van der Waals surface area contributed by atoms with Crippen LogP contribution in [0.25, 0.3) is 0 Å². The third-order valence-electron chi connectivity index (χ3n) is 5.40. The lowest BCUT2D eigenvalue weighted by molar-refractivity contribution is 0.332. The quantitative estimate of drug-likeness (QED) is 0.836. The van der Waals surface area contributed by atoms with Crippen molar-refractivity contribution in [2.24, 2.45) is 23.5 Å². The SMILES string of the molecule is COc1ccccc1N(CCCN)CC1CC2CCC1C2. The van der Waals surface area contributed by atoms with Crippen LogP contribution >= 0.6 is 0 Å². The highest BCUT2D eigenvalue weighted by atomic mass is 16.5. The number of hydrogen-bond donors (Lipinski definition) is 1. The Morgan fingerprint density at radius 3 is 2.76 bits per heavy atom. The summed E-state index contributed by atoms with van der Waals surface area (Å²) in [5.74, 6) is 3.82. The van der Waals surface area contributed by atoms with Crippen molar-refractivity contribution in [3.05, 3.63) is 24.3 Å². The summed E-state index contributed by atoms with van der Waals surface area (Å²) in [6.45, 7) is 2.95. The predicted molar refractivity (Wildman–Crippen MR) is 87.8 cm³/mol. The van der Waals surface area contributed by atoms with Gasteiger partial charge < -0.3 is 15.4 Å². The molecule has 2 saturated carbocycles. The molecule has 2 aliphatic rings. The Kier molecular flexibility index (Phi) is 4.69. The van der Waals surface area contributed by atoms with Crippen LogP contribution in [0.1, 0.15) is 32.1 Å². The van der Waals surface area contributed by atoms with Gasteiger partial charge in [-0.25, -0.2) is 0 Å². The number of nitrogens with two attached hydrogens (primary N) is 1. The highest BCUT2D eigenvalue weighted by Crippen LogP contribution is 2.49. The molecule has 1 aromatic carbocycles. The standard InChI is InChI=1S/C18H28N2O/c1-21-18-6-3-2-5-17(18)20(10-4-9-19)13-16-12-14-7-8-15(16)11-14/h2-3,5-6,14-16H,4,7-13,19H2,1H3. The highest BCUT2D eigenvalue weighted by Gasteiger charge is 2.40. The number of methoxy groups -OCH3 is 1. The van der Waals surface area contributed by atoms with Crippen molar-refractivity contribution < 1.29 is 4.74 Å². The first kappa shape index (κ1) is 14.7. The van der Waals surface area contributed by atoms with Crippen molar-refractivity contribution in [3.63, 3.8) is 0 Å². The summed E-state index contributed by atoms with van der Waals surface area (Å²) in [6.07, 6.45) is 6.86. The first-order chi connectivity index (χ1) is 10.3. The fourth-order valence-corrected chi connectivity index (χ4v) is 4.37. The van der Waals surface area contributed by atoms with E-state index in [0.717, 1.165) is 43.0 Å². The Morgan fingerprint density at radius 2 is 2.10 bits per heavy atom. The zero-order valence-electron chi connectivity index (χ0n) is 13.1. The van der Waals surface area contributed by atoms with Gasteiger partial charge in [-0.15, -0.1) is 0 Å². The van der Waals surface area contributed by atoms with Gasteiger partial charge in [-0.3, -0.25) is 0 Å². The smallest absolute Gasteiger partial charge is 0.142 e. The molecule has 3 heteroatoms. The van der Waals surface area contributed by atoms with Gasteiger partial charge in [-0.05, 0) is 62.1 Å². The minimum Gasteiger partial charge on any atom is -0.495 e. The average molecular weight is 288 g/mol. The van der Waals surface area contributed by atoms with Crippen molar-refractivity contribution in [2.45, 2.75) is 32.1 Å². The van der Waals surface area contributed by atoms with E-state index in [1.54, 1.807) is 7.11 Å². The number of nitrogens with zero attached hydrogens (tertiary/aromatic N) is 1. The molecule has 2 bridgehead atoms. The Morgan fingerprint density at radius 1 is 1.24 bits per heavy atom. The summed E-state index contributed by atoms with van der Waals surface area (Å²) in [5.41, 5.74) is 6.97. The van der Waals surface area contributed by atoms with Crippen molar-refractivity contribution in [1.29, 1.82) is 0 Å². The third kappa shape index (κ3) is 3.18. The van der Waals surface area contributed by atoms with Crippen LogP contribution in [0.5, 0.6) is 5.75 Å². The van der Waals surface area contributed by atoms with Crippen LogP contribution in [0.3, 0.4) is 0 Å². The zero-order chi connectivity index (χ0) is 14.7. The summed E-state index contributed by atoms with van der Waals surface area (Å²) < 4.78 is 5.56. The van der Waals surface area contributed by atoms with E-state index in [2.05, 4.69) is 23.1 Å². The van der Waals surface area contributed by atoms with Crippen molar-refractivity contribution >= 4 is 5.69 Å². The molecule has 1 aromatic rings. The van der Waals surface area contributed by atoms with E-state index in [1.165, 1.54) is 37.9 Å². The molecule has 0 amide bonds. The van der Waals surface area contributed by atoms with Gasteiger partial charge in [0.1, 0.15) is 5.75 Å². The summed E-state index contributed by atoms with van der Waals surface area (Å²) in [6, 6.07) is 8.39. The summed E-state index contributed by atoms with van der Waals surface area (Å²) >= 11 is 0. The number of anilines is 1. The van der Waals surface area contributed by atoms with Gasteiger partial charge in [-0.1, -0.05) is 18.6 Å². The molecule has 3 unspecified atom stereocenters. The van der Waals surface area contributed by atoms with E-state index in [1.807, 2.05) is 6.07 Å². The lowest BCUT2D eigenvalue weighted by atomic mass is 9.88. The Hall–Kier alpha value is -1.22. The second-order valence-corrected chi connectivity index (χ2v) is 6.70. The maximum atomic E-state index is 5.74. The van der Waals surface area contributed by atoms with Crippen LogP contribution in [0.2, 0.25) is 0 Å². The molecular weight excluding hydrogens is 260 g/mol. The summed E-state index contributed by atoms with van der Waals surface area (Å²) in [4.78, 5) is 2.51. The van der Waals surface area contributed by atoms with Crippen LogP contribution in [-0.2, 0) is 0 Å². The molecule has 0 saturated heterocycles. The van der Waals surface area contributed by atoms with Gasteiger partial charge >= 0.3 is 0 Å². The first-order valence-corrected chi connectivity index (χ1v) is 8.40. The lowest BCUT2D eigenvalue weighted by Crippen LogP contribution is -2.33. The number of para-hydroxylation sites is 2. The fraction of sp³-hybridized carbons (Fsp3) is 0.667. The van der Waals surface area contributed by atoms with Gasteiger partial charge in [-0.2, -0.15) is 0 Å². The predicted octanol–water partition coefficient (Wildman–Crippen LogP) is 3.29. The third-order valence-corrected chi connectivity index (χ3v) is 5.40. The van der Waals surface area contributed by atoms with E-state index in [0.29, 0.717) is 0 Å². The van der Waals surface area contributed by atoms with E-state index in [9.17, 15) is 0 Å². The van der Waals surface area contributed by atoms with E-state index in [4.69, 9.17) is 10.5 Å². The van der Waals surface area contributed by atoms with Crippen LogP contribution in [-0.4, -0.2) is 26.7 Å². The van der Waals surface area contributed by atoms with E-state index < -0.39 is 0 Å². The molecule has 0 aromatic heterocycles. The van der Waals surface area contributed by atoms with Crippen molar-refractivity contribution in [2.75, 3.05) is 31.6 Å². The second kappa shape index (κ2) is 6.69. The topological polar surface area (TPSA) is 38.5 Å². The van der Waals surface area contributed by atoms with Crippen LogP contribution in [0.15, 0.2) is 24.3 Å². The molecule has 0 radical (unpaired) electrons. The molecule has 2 N–H and O–H groups in total. The zero-order valence-corrected chi connectivity index (χ0v) is 13.1. The maximum Gasteiger partial charge on any atom is 0.142 e. The van der Waals surface area contributed by atoms with Crippen molar-refractivity contribution in [3.8, 4) is 5.75 Å².